The number of aryl methyl sites for hydroxylation is 1. The lowest BCUT2D eigenvalue weighted by Crippen LogP contribution is -2.31. The van der Waals surface area contributed by atoms with E-state index in [1.807, 2.05) is 0 Å². The average molecular weight is 339 g/mol. The Labute approximate surface area is 147 Å². The molecule has 4 heteroatoms. The smallest absolute Gasteiger partial charge is 0.119 e. The van der Waals surface area contributed by atoms with Crippen LogP contribution in [0.4, 0.5) is 0 Å². The van der Waals surface area contributed by atoms with Gasteiger partial charge in [-0.25, -0.2) is 0 Å². The molecule has 1 atom stereocenters. The van der Waals surface area contributed by atoms with Gasteiger partial charge in [0.25, 0.3) is 0 Å². The summed E-state index contributed by atoms with van der Waals surface area (Å²) in [6, 6.07) is 6.51. The lowest BCUT2D eigenvalue weighted by Gasteiger charge is -2.22. The SMILES string of the molecule is Cc1cc(OCCN2CCC3(CCNC3)C2)ccc1C(C)C.Cl. The predicted molar refractivity (Wildman–Crippen MR) is 99.0 cm³/mol. The molecule has 0 saturated carbocycles. The Hall–Kier alpha value is -0.770. The maximum Gasteiger partial charge on any atom is 0.119 e. The van der Waals surface area contributed by atoms with E-state index in [2.05, 4.69) is 49.2 Å². The molecular formula is C19H31ClN2O. The van der Waals surface area contributed by atoms with Crippen LogP contribution in [0.3, 0.4) is 0 Å². The summed E-state index contributed by atoms with van der Waals surface area (Å²) < 4.78 is 5.98. The molecule has 2 fully saturated rings. The summed E-state index contributed by atoms with van der Waals surface area (Å²) in [5, 5.41) is 3.52. The van der Waals surface area contributed by atoms with Crippen LogP contribution in [0.1, 0.15) is 43.7 Å². The second-order valence-corrected chi connectivity index (χ2v) is 7.47. The van der Waals surface area contributed by atoms with Gasteiger partial charge in [-0.15, -0.1) is 12.4 Å². The lowest BCUT2D eigenvalue weighted by atomic mass is 9.87. The van der Waals surface area contributed by atoms with Crippen molar-refractivity contribution in [1.29, 1.82) is 0 Å². The highest BCUT2D eigenvalue weighted by Crippen LogP contribution is 2.35. The number of benzene rings is 1. The summed E-state index contributed by atoms with van der Waals surface area (Å²) in [4.78, 5) is 2.57. The third-order valence-corrected chi connectivity index (χ3v) is 5.39. The van der Waals surface area contributed by atoms with Gasteiger partial charge in [-0.05, 0) is 67.4 Å². The Morgan fingerprint density at radius 1 is 1.30 bits per heavy atom. The monoisotopic (exact) mass is 338 g/mol. The molecule has 1 unspecified atom stereocenters. The van der Waals surface area contributed by atoms with Gasteiger partial charge < -0.3 is 10.1 Å². The summed E-state index contributed by atoms with van der Waals surface area (Å²) in [5.41, 5.74) is 3.32. The van der Waals surface area contributed by atoms with Crippen LogP contribution in [0.25, 0.3) is 0 Å². The van der Waals surface area contributed by atoms with E-state index in [0.717, 1.165) is 18.9 Å². The molecule has 2 aliphatic heterocycles. The first-order valence-corrected chi connectivity index (χ1v) is 8.74. The van der Waals surface area contributed by atoms with Crippen molar-refractivity contribution in [2.75, 3.05) is 39.3 Å². The number of hydrogen-bond donors (Lipinski definition) is 1. The first-order valence-electron chi connectivity index (χ1n) is 8.74. The standard InChI is InChI=1S/C19H30N2O.ClH/c1-15(2)18-5-4-17(12-16(18)3)22-11-10-21-9-7-19(14-21)6-8-20-13-19;/h4-5,12,15,20H,6-11,13-14H2,1-3H3;1H. The van der Waals surface area contributed by atoms with E-state index < -0.39 is 0 Å². The molecule has 0 amide bonds. The minimum atomic E-state index is 0. The molecule has 0 radical (unpaired) electrons. The second-order valence-electron chi connectivity index (χ2n) is 7.47. The maximum atomic E-state index is 5.98. The molecule has 2 saturated heterocycles. The Morgan fingerprint density at radius 3 is 2.78 bits per heavy atom. The van der Waals surface area contributed by atoms with Crippen LogP contribution < -0.4 is 10.1 Å². The Balaban J connectivity index is 0.00000192. The topological polar surface area (TPSA) is 24.5 Å². The molecule has 0 aliphatic carbocycles. The first kappa shape index (κ1) is 18.6. The van der Waals surface area contributed by atoms with E-state index >= 15 is 0 Å². The van der Waals surface area contributed by atoms with Crippen LogP contribution in [0.5, 0.6) is 5.75 Å². The number of likely N-dealkylation sites (tertiary alicyclic amines) is 1. The normalized spacial score (nSPS) is 24.3. The molecule has 0 aromatic heterocycles. The number of halogens is 1. The quantitative estimate of drug-likeness (QED) is 0.887. The van der Waals surface area contributed by atoms with Gasteiger partial charge in [0, 0.05) is 19.6 Å². The molecule has 2 heterocycles. The van der Waals surface area contributed by atoms with Crippen LogP contribution >= 0.6 is 12.4 Å². The zero-order valence-electron chi connectivity index (χ0n) is 14.7. The summed E-state index contributed by atoms with van der Waals surface area (Å²) >= 11 is 0. The van der Waals surface area contributed by atoms with Gasteiger partial charge >= 0.3 is 0 Å². The van der Waals surface area contributed by atoms with Gasteiger partial charge in [0.15, 0.2) is 0 Å². The zero-order valence-corrected chi connectivity index (χ0v) is 15.5. The highest BCUT2D eigenvalue weighted by Gasteiger charge is 2.39. The van der Waals surface area contributed by atoms with E-state index in [4.69, 9.17) is 4.74 Å². The molecular weight excluding hydrogens is 308 g/mol. The minimum absolute atomic E-state index is 0. The van der Waals surface area contributed by atoms with Gasteiger partial charge in [-0.1, -0.05) is 19.9 Å². The third kappa shape index (κ3) is 4.40. The van der Waals surface area contributed by atoms with Crippen molar-refractivity contribution >= 4 is 12.4 Å². The van der Waals surface area contributed by atoms with Gasteiger partial charge in [-0.2, -0.15) is 0 Å². The number of ether oxygens (including phenoxy) is 1. The van der Waals surface area contributed by atoms with Crippen molar-refractivity contribution in [3.63, 3.8) is 0 Å². The van der Waals surface area contributed by atoms with Crippen molar-refractivity contribution in [3.05, 3.63) is 29.3 Å². The maximum absolute atomic E-state index is 5.98. The Bertz CT molecular complexity index is 512. The first-order chi connectivity index (χ1) is 10.6. The zero-order chi connectivity index (χ0) is 15.6. The number of nitrogens with zero attached hydrogens (tertiary/aromatic N) is 1. The number of hydrogen-bond acceptors (Lipinski definition) is 3. The Kier molecular flexibility index (Phi) is 6.35. The molecule has 3 nitrogen and oxygen atoms in total. The predicted octanol–water partition coefficient (Wildman–Crippen LogP) is 3.60. The van der Waals surface area contributed by atoms with Crippen LogP contribution in [-0.4, -0.2) is 44.2 Å². The molecule has 23 heavy (non-hydrogen) atoms. The van der Waals surface area contributed by atoms with Crippen LogP contribution in [0.2, 0.25) is 0 Å². The molecule has 0 bridgehead atoms. The van der Waals surface area contributed by atoms with Crippen LogP contribution in [0.15, 0.2) is 18.2 Å². The average Bonchev–Trinajstić information content (AvgIpc) is 3.09. The summed E-state index contributed by atoms with van der Waals surface area (Å²) in [6.07, 6.45) is 2.70. The van der Waals surface area contributed by atoms with Gasteiger partial charge in [0.05, 0.1) is 0 Å². The van der Waals surface area contributed by atoms with E-state index in [9.17, 15) is 0 Å². The molecule has 1 aromatic carbocycles. The third-order valence-electron chi connectivity index (χ3n) is 5.39. The molecule has 1 N–H and O–H groups in total. The molecule has 3 rings (SSSR count). The minimum Gasteiger partial charge on any atom is -0.492 e. The van der Waals surface area contributed by atoms with E-state index in [-0.39, 0.29) is 12.4 Å². The summed E-state index contributed by atoms with van der Waals surface area (Å²) in [6.45, 7) is 13.4. The van der Waals surface area contributed by atoms with Gasteiger partial charge in [0.1, 0.15) is 12.4 Å². The number of nitrogens with one attached hydrogen (secondary N) is 1. The largest absolute Gasteiger partial charge is 0.492 e. The second kappa shape index (κ2) is 7.87. The molecule has 1 spiro atoms. The van der Waals surface area contributed by atoms with Gasteiger partial charge in [-0.3, -0.25) is 4.90 Å². The van der Waals surface area contributed by atoms with E-state index in [1.165, 1.54) is 50.1 Å². The van der Waals surface area contributed by atoms with E-state index in [1.54, 1.807) is 0 Å². The highest BCUT2D eigenvalue weighted by molar-refractivity contribution is 5.85. The van der Waals surface area contributed by atoms with Crippen molar-refractivity contribution < 1.29 is 4.74 Å². The van der Waals surface area contributed by atoms with Crippen molar-refractivity contribution in [3.8, 4) is 5.75 Å². The molecule has 1 aromatic rings. The van der Waals surface area contributed by atoms with Gasteiger partial charge in [0.2, 0.25) is 0 Å². The summed E-state index contributed by atoms with van der Waals surface area (Å²) in [5.74, 6) is 1.59. The molecule has 2 aliphatic rings. The van der Waals surface area contributed by atoms with Crippen LogP contribution in [-0.2, 0) is 0 Å². The van der Waals surface area contributed by atoms with Crippen molar-refractivity contribution in [1.82, 2.24) is 10.2 Å². The lowest BCUT2D eigenvalue weighted by molar-refractivity contribution is 0.217. The fraction of sp³-hybridized carbons (Fsp3) is 0.684. The van der Waals surface area contributed by atoms with E-state index in [0.29, 0.717) is 11.3 Å². The Morgan fingerprint density at radius 2 is 2.13 bits per heavy atom. The fourth-order valence-corrected chi connectivity index (χ4v) is 4.04. The fourth-order valence-electron chi connectivity index (χ4n) is 4.04. The van der Waals surface area contributed by atoms with Crippen molar-refractivity contribution in [2.24, 2.45) is 5.41 Å². The van der Waals surface area contributed by atoms with Crippen LogP contribution in [0, 0.1) is 12.3 Å². The summed E-state index contributed by atoms with van der Waals surface area (Å²) in [7, 11) is 0. The highest BCUT2D eigenvalue weighted by atomic mass is 35.5. The van der Waals surface area contributed by atoms with Crippen molar-refractivity contribution in [2.45, 2.75) is 39.5 Å². The molecule has 130 valence electrons. The number of rotatable bonds is 5.